The van der Waals surface area contributed by atoms with Crippen molar-refractivity contribution in [2.75, 3.05) is 16.8 Å². The van der Waals surface area contributed by atoms with Crippen LogP contribution < -0.4 is 15.0 Å². The predicted molar refractivity (Wildman–Crippen MR) is 113 cm³/mol. The van der Waals surface area contributed by atoms with E-state index in [9.17, 15) is 19.5 Å². The summed E-state index contributed by atoms with van der Waals surface area (Å²) in [5.41, 5.74) is -0.286. The molecule has 1 heterocycles. The molecule has 0 atom stereocenters. The summed E-state index contributed by atoms with van der Waals surface area (Å²) in [5.74, 6) is -1.60. The number of hydrogen-bond donors (Lipinski definition) is 2. The first-order chi connectivity index (χ1) is 14.3. The lowest BCUT2D eigenvalue weighted by molar-refractivity contribution is -0.133. The van der Waals surface area contributed by atoms with E-state index in [1.165, 1.54) is 23.1 Å². The van der Waals surface area contributed by atoms with E-state index in [0.29, 0.717) is 11.4 Å². The van der Waals surface area contributed by atoms with E-state index in [1.807, 2.05) is 36.4 Å². The van der Waals surface area contributed by atoms with Gasteiger partial charge in [-0.2, -0.15) is 0 Å². The molecule has 0 unspecified atom stereocenters. The van der Waals surface area contributed by atoms with Crippen molar-refractivity contribution in [3.63, 3.8) is 0 Å². The zero-order chi connectivity index (χ0) is 21.5. The number of aromatic carboxylic acids is 1. The highest BCUT2D eigenvalue weighted by atomic mass is 16.5. The van der Waals surface area contributed by atoms with Crippen molar-refractivity contribution in [3.05, 3.63) is 66.2 Å². The maximum absolute atomic E-state index is 13.0. The zero-order valence-electron chi connectivity index (χ0n) is 16.5. The van der Waals surface area contributed by atoms with Crippen molar-refractivity contribution in [3.8, 4) is 5.75 Å². The van der Waals surface area contributed by atoms with Gasteiger partial charge < -0.3 is 15.2 Å². The van der Waals surface area contributed by atoms with Crippen molar-refractivity contribution in [2.45, 2.75) is 19.4 Å². The molecule has 3 aromatic rings. The number of ether oxygens (including phenoxy) is 1. The molecule has 0 spiro atoms. The number of carbonyl (C=O) groups is 3. The van der Waals surface area contributed by atoms with Gasteiger partial charge in [-0.3, -0.25) is 14.5 Å². The Labute approximate surface area is 172 Å². The van der Waals surface area contributed by atoms with Crippen molar-refractivity contribution in [1.29, 1.82) is 0 Å². The van der Waals surface area contributed by atoms with E-state index >= 15 is 0 Å². The third-order valence-electron chi connectivity index (χ3n) is 4.99. The molecule has 2 N–H and O–H groups in total. The number of carboxylic acid groups (broad SMARTS) is 1. The molecule has 1 aliphatic rings. The quantitative estimate of drug-likeness (QED) is 0.692. The molecule has 30 heavy (non-hydrogen) atoms. The summed E-state index contributed by atoms with van der Waals surface area (Å²) in [6.07, 6.45) is 0. The number of rotatable bonds is 4. The second-order valence-electron chi connectivity index (χ2n) is 7.57. The Hall–Kier alpha value is -3.87. The fourth-order valence-electron chi connectivity index (χ4n) is 3.53. The summed E-state index contributed by atoms with van der Waals surface area (Å²) in [4.78, 5) is 38.4. The number of anilines is 2. The van der Waals surface area contributed by atoms with Gasteiger partial charge >= 0.3 is 5.97 Å². The maximum atomic E-state index is 13.0. The topological polar surface area (TPSA) is 95.9 Å². The summed E-state index contributed by atoms with van der Waals surface area (Å²) in [6, 6.07) is 17.5. The molecule has 2 amide bonds. The van der Waals surface area contributed by atoms with Gasteiger partial charge in [0.1, 0.15) is 12.3 Å². The van der Waals surface area contributed by atoms with Gasteiger partial charge in [-0.1, -0.05) is 36.4 Å². The van der Waals surface area contributed by atoms with Crippen molar-refractivity contribution in [2.24, 2.45) is 0 Å². The number of nitrogens with one attached hydrogen (secondary N) is 1. The van der Waals surface area contributed by atoms with E-state index < -0.39 is 23.4 Å². The van der Waals surface area contributed by atoms with Crippen molar-refractivity contribution in [1.82, 2.24) is 0 Å². The van der Waals surface area contributed by atoms with Crippen LogP contribution in [0.1, 0.15) is 24.2 Å². The standard InChI is InChI=1S/C23H20N2O5/c1-23(2)22(29)25(18-12-15(21(27)28)10-11-19(18)30-23)13-20(26)24-17-9-5-7-14-6-3-4-8-16(14)17/h3-12H,13H2,1-2H3,(H,24,26)(H,27,28). The van der Waals surface area contributed by atoms with Gasteiger partial charge in [0.2, 0.25) is 5.91 Å². The van der Waals surface area contributed by atoms with Crippen LogP contribution >= 0.6 is 0 Å². The zero-order valence-corrected chi connectivity index (χ0v) is 16.5. The average molecular weight is 404 g/mol. The summed E-state index contributed by atoms with van der Waals surface area (Å²) in [7, 11) is 0. The molecule has 152 valence electrons. The Balaban J connectivity index is 1.66. The lowest BCUT2D eigenvalue weighted by Gasteiger charge is -2.38. The van der Waals surface area contributed by atoms with Gasteiger partial charge in [0, 0.05) is 11.1 Å². The normalized spacial score (nSPS) is 14.7. The largest absolute Gasteiger partial charge is 0.478 e. The molecule has 3 aromatic carbocycles. The molecule has 0 aliphatic carbocycles. The van der Waals surface area contributed by atoms with E-state index in [0.717, 1.165) is 10.8 Å². The minimum Gasteiger partial charge on any atom is -0.478 e. The Bertz CT molecular complexity index is 1180. The highest BCUT2D eigenvalue weighted by molar-refractivity contribution is 6.10. The average Bonchev–Trinajstić information content (AvgIpc) is 2.71. The summed E-state index contributed by atoms with van der Waals surface area (Å²) < 4.78 is 5.74. The summed E-state index contributed by atoms with van der Waals surface area (Å²) in [5, 5.41) is 14.0. The fourth-order valence-corrected chi connectivity index (χ4v) is 3.53. The van der Waals surface area contributed by atoms with Crippen LogP contribution in [-0.2, 0) is 9.59 Å². The van der Waals surface area contributed by atoms with E-state index in [2.05, 4.69) is 5.32 Å². The Morgan fingerprint density at radius 3 is 2.57 bits per heavy atom. The molecule has 0 saturated heterocycles. The van der Waals surface area contributed by atoms with Gasteiger partial charge in [0.25, 0.3) is 5.91 Å². The van der Waals surface area contributed by atoms with E-state index in [4.69, 9.17) is 4.74 Å². The molecule has 0 fully saturated rings. The molecule has 4 rings (SSSR count). The number of amides is 2. The number of hydrogen-bond acceptors (Lipinski definition) is 4. The van der Waals surface area contributed by atoms with Crippen LogP contribution in [0, 0.1) is 0 Å². The molecular formula is C23H20N2O5. The third kappa shape index (κ3) is 3.45. The van der Waals surface area contributed by atoms with Crippen LogP contribution in [0.3, 0.4) is 0 Å². The summed E-state index contributed by atoms with van der Waals surface area (Å²) in [6.45, 7) is 2.95. The molecule has 0 aromatic heterocycles. The molecule has 1 aliphatic heterocycles. The fraction of sp³-hybridized carbons (Fsp3) is 0.174. The van der Waals surface area contributed by atoms with Gasteiger partial charge in [-0.25, -0.2) is 4.79 Å². The van der Waals surface area contributed by atoms with Crippen molar-refractivity contribution >= 4 is 39.9 Å². The lowest BCUT2D eigenvalue weighted by Crippen LogP contribution is -2.54. The molecule has 0 radical (unpaired) electrons. The number of carbonyl (C=O) groups excluding carboxylic acids is 2. The maximum Gasteiger partial charge on any atom is 0.335 e. The van der Waals surface area contributed by atoms with Crippen LogP contribution in [-0.4, -0.2) is 35.0 Å². The van der Waals surface area contributed by atoms with Crippen molar-refractivity contribution < 1.29 is 24.2 Å². The van der Waals surface area contributed by atoms with E-state index in [-0.39, 0.29) is 17.8 Å². The predicted octanol–water partition coefficient (Wildman–Crippen LogP) is 3.68. The molecule has 7 nitrogen and oxygen atoms in total. The molecule has 0 saturated carbocycles. The van der Waals surface area contributed by atoms with Gasteiger partial charge in [0.05, 0.1) is 11.3 Å². The Morgan fingerprint density at radius 2 is 1.80 bits per heavy atom. The molecule has 0 bridgehead atoms. The number of fused-ring (bicyclic) bond motifs is 2. The third-order valence-corrected chi connectivity index (χ3v) is 4.99. The minimum absolute atomic E-state index is 0.00400. The monoisotopic (exact) mass is 404 g/mol. The first-order valence-corrected chi connectivity index (χ1v) is 9.42. The molecular weight excluding hydrogens is 384 g/mol. The van der Waals surface area contributed by atoms with Gasteiger partial charge in [-0.15, -0.1) is 0 Å². The lowest BCUT2D eigenvalue weighted by atomic mass is 10.0. The van der Waals surface area contributed by atoms with Crippen LogP contribution in [0.4, 0.5) is 11.4 Å². The van der Waals surface area contributed by atoms with Crippen LogP contribution in [0.5, 0.6) is 5.75 Å². The first kappa shape index (κ1) is 19.4. The SMILES string of the molecule is CC1(C)Oc2ccc(C(=O)O)cc2N(CC(=O)Nc2cccc3ccccc23)C1=O. The van der Waals surface area contributed by atoms with E-state index in [1.54, 1.807) is 19.9 Å². The van der Waals surface area contributed by atoms with Gasteiger partial charge in [0.15, 0.2) is 5.60 Å². The first-order valence-electron chi connectivity index (χ1n) is 9.42. The Morgan fingerprint density at radius 1 is 1.07 bits per heavy atom. The number of carboxylic acids is 1. The van der Waals surface area contributed by atoms with Crippen LogP contribution in [0.15, 0.2) is 60.7 Å². The smallest absolute Gasteiger partial charge is 0.335 e. The number of benzene rings is 3. The molecule has 7 heteroatoms. The summed E-state index contributed by atoms with van der Waals surface area (Å²) >= 11 is 0. The van der Waals surface area contributed by atoms with Gasteiger partial charge in [-0.05, 0) is 43.5 Å². The highest BCUT2D eigenvalue weighted by Crippen LogP contribution is 2.38. The Kier molecular flexibility index (Phi) is 4.66. The second kappa shape index (κ2) is 7.18. The highest BCUT2D eigenvalue weighted by Gasteiger charge is 2.41. The second-order valence-corrected chi connectivity index (χ2v) is 7.57. The van der Waals surface area contributed by atoms with Crippen LogP contribution in [0.2, 0.25) is 0 Å². The number of nitrogens with zero attached hydrogens (tertiary/aromatic N) is 1. The van der Waals surface area contributed by atoms with Crippen LogP contribution in [0.25, 0.3) is 10.8 Å². The minimum atomic E-state index is -1.18.